The molecule has 2 rings (SSSR count). The Morgan fingerprint density at radius 2 is 2.00 bits per heavy atom. The lowest BCUT2D eigenvalue weighted by Crippen LogP contribution is -2.24. The van der Waals surface area contributed by atoms with Gasteiger partial charge in [-0.3, -0.25) is 0 Å². The van der Waals surface area contributed by atoms with Crippen molar-refractivity contribution in [2.24, 2.45) is 5.73 Å². The van der Waals surface area contributed by atoms with Crippen LogP contribution in [-0.4, -0.2) is 23.1 Å². The van der Waals surface area contributed by atoms with E-state index in [0.29, 0.717) is 24.6 Å². The molecule has 1 aromatic carbocycles. The van der Waals surface area contributed by atoms with E-state index in [1.807, 2.05) is 49.4 Å². The summed E-state index contributed by atoms with van der Waals surface area (Å²) in [5.74, 6) is 1.54. The standard InChI is InChI=1S/C16H19N3OS/c1-2-20-14-9-6-11-18-16(14)19(12-10-15(17)21)13-7-4-3-5-8-13/h3-9,11H,2,10,12H2,1H3,(H2,17,21). The van der Waals surface area contributed by atoms with Crippen LogP contribution in [0.1, 0.15) is 13.3 Å². The van der Waals surface area contributed by atoms with E-state index in [-0.39, 0.29) is 0 Å². The van der Waals surface area contributed by atoms with Crippen LogP contribution in [0.4, 0.5) is 11.5 Å². The number of pyridine rings is 1. The summed E-state index contributed by atoms with van der Waals surface area (Å²) in [6.45, 7) is 3.21. The summed E-state index contributed by atoms with van der Waals surface area (Å²) in [5, 5.41) is 0. The minimum atomic E-state index is 0.491. The van der Waals surface area contributed by atoms with E-state index in [9.17, 15) is 0 Å². The van der Waals surface area contributed by atoms with Crippen LogP contribution in [0.5, 0.6) is 5.75 Å². The van der Waals surface area contributed by atoms with Crippen LogP contribution in [-0.2, 0) is 0 Å². The van der Waals surface area contributed by atoms with E-state index < -0.39 is 0 Å². The van der Waals surface area contributed by atoms with Gasteiger partial charge in [0, 0.05) is 24.8 Å². The summed E-state index contributed by atoms with van der Waals surface area (Å²) in [5.41, 5.74) is 6.68. The lowest BCUT2D eigenvalue weighted by atomic mass is 10.2. The first kappa shape index (κ1) is 15.3. The Labute approximate surface area is 130 Å². The predicted molar refractivity (Wildman–Crippen MR) is 90.3 cm³/mol. The summed E-state index contributed by atoms with van der Waals surface area (Å²) in [6.07, 6.45) is 2.38. The zero-order valence-electron chi connectivity index (χ0n) is 12.0. The predicted octanol–water partition coefficient (Wildman–Crippen LogP) is 3.29. The van der Waals surface area contributed by atoms with Crippen LogP contribution in [0.25, 0.3) is 0 Å². The van der Waals surface area contributed by atoms with E-state index in [0.717, 1.165) is 17.3 Å². The molecule has 0 amide bonds. The molecule has 0 aliphatic carbocycles. The number of hydrogen-bond donors (Lipinski definition) is 1. The number of anilines is 2. The topological polar surface area (TPSA) is 51.4 Å². The van der Waals surface area contributed by atoms with E-state index >= 15 is 0 Å². The third-order valence-electron chi connectivity index (χ3n) is 2.96. The molecule has 0 aliphatic rings. The molecule has 21 heavy (non-hydrogen) atoms. The highest BCUT2D eigenvalue weighted by Crippen LogP contribution is 2.31. The third-order valence-corrected chi connectivity index (χ3v) is 3.16. The molecule has 2 aromatic rings. The molecule has 0 unspecified atom stereocenters. The number of thiocarbonyl (C=S) groups is 1. The molecule has 0 saturated heterocycles. The molecule has 2 N–H and O–H groups in total. The molecular formula is C16H19N3OS. The smallest absolute Gasteiger partial charge is 0.175 e. The van der Waals surface area contributed by atoms with Gasteiger partial charge in [-0.15, -0.1) is 0 Å². The van der Waals surface area contributed by atoms with Crippen LogP contribution >= 0.6 is 12.2 Å². The minimum Gasteiger partial charge on any atom is -0.490 e. The average Bonchev–Trinajstić information content (AvgIpc) is 2.50. The van der Waals surface area contributed by atoms with Crippen molar-refractivity contribution in [2.45, 2.75) is 13.3 Å². The molecule has 0 radical (unpaired) electrons. The van der Waals surface area contributed by atoms with Crippen LogP contribution in [0, 0.1) is 0 Å². The Morgan fingerprint density at radius 1 is 1.24 bits per heavy atom. The van der Waals surface area contributed by atoms with Gasteiger partial charge >= 0.3 is 0 Å². The van der Waals surface area contributed by atoms with Crippen molar-refractivity contribution < 1.29 is 4.74 Å². The molecule has 0 saturated carbocycles. The van der Waals surface area contributed by atoms with Crippen molar-refractivity contribution in [3.05, 3.63) is 48.7 Å². The Balaban J connectivity index is 2.37. The Bertz CT molecular complexity index is 589. The first-order valence-electron chi connectivity index (χ1n) is 6.91. The van der Waals surface area contributed by atoms with Gasteiger partial charge in [0.05, 0.1) is 11.6 Å². The first-order chi connectivity index (χ1) is 10.2. The summed E-state index contributed by atoms with van der Waals surface area (Å²) in [7, 11) is 0. The maximum atomic E-state index is 5.68. The highest BCUT2D eigenvalue weighted by molar-refractivity contribution is 7.80. The normalized spacial score (nSPS) is 10.1. The van der Waals surface area contributed by atoms with Gasteiger partial charge in [-0.1, -0.05) is 30.4 Å². The summed E-state index contributed by atoms with van der Waals surface area (Å²) >= 11 is 5.00. The molecule has 110 valence electrons. The first-order valence-corrected chi connectivity index (χ1v) is 7.32. The lowest BCUT2D eigenvalue weighted by molar-refractivity contribution is 0.339. The fourth-order valence-corrected chi connectivity index (χ4v) is 2.13. The number of hydrogen-bond acceptors (Lipinski definition) is 4. The molecule has 0 aliphatic heterocycles. The molecule has 5 heteroatoms. The molecule has 0 spiro atoms. The van der Waals surface area contributed by atoms with Gasteiger partial charge < -0.3 is 15.4 Å². The quantitative estimate of drug-likeness (QED) is 0.795. The van der Waals surface area contributed by atoms with Gasteiger partial charge in [0.1, 0.15) is 0 Å². The fraction of sp³-hybridized carbons (Fsp3) is 0.250. The summed E-state index contributed by atoms with van der Waals surface area (Å²) in [4.78, 5) is 7.03. The second-order valence-corrected chi connectivity index (χ2v) is 4.99. The minimum absolute atomic E-state index is 0.491. The molecule has 4 nitrogen and oxygen atoms in total. The molecule has 0 atom stereocenters. The average molecular weight is 301 g/mol. The number of para-hydroxylation sites is 1. The van der Waals surface area contributed by atoms with E-state index in [4.69, 9.17) is 22.7 Å². The summed E-state index contributed by atoms with van der Waals surface area (Å²) < 4.78 is 5.68. The van der Waals surface area contributed by atoms with E-state index in [1.54, 1.807) is 6.20 Å². The number of nitrogens with zero attached hydrogens (tertiary/aromatic N) is 2. The van der Waals surface area contributed by atoms with Crippen molar-refractivity contribution in [3.63, 3.8) is 0 Å². The Kier molecular flexibility index (Phi) is 5.51. The van der Waals surface area contributed by atoms with Gasteiger partial charge in [-0.05, 0) is 31.2 Å². The fourth-order valence-electron chi connectivity index (χ4n) is 2.04. The molecule has 1 aromatic heterocycles. The van der Waals surface area contributed by atoms with Crippen LogP contribution in [0.2, 0.25) is 0 Å². The van der Waals surface area contributed by atoms with Crippen molar-refractivity contribution in [2.75, 3.05) is 18.1 Å². The zero-order chi connectivity index (χ0) is 15.1. The molecule has 1 heterocycles. The number of nitrogens with two attached hydrogens (primary N) is 1. The van der Waals surface area contributed by atoms with Crippen molar-refractivity contribution in [1.29, 1.82) is 0 Å². The molecular weight excluding hydrogens is 282 g/mol. The van der Waals surface area contributed by atoms with E-state index in [1.165, 1.54) is 0 Å². The van der Waals surface area contributed by atoms with E-state index in [2.05, 4.69) is 9.88 Å². The zero-order valence-corrected chi connectivity index (χ0v) is 12.8. The number of aromatic nitrogens is 1. The highest BCUT2D eigenvalue weighted by atomic mass is 32.1. The lowest BCUT2D eigenvalue weighted by Gasteiger charge is -2.25. The summed E-state index contributed by atoms with van der Waals surface area (Å²) in [6, 6.07) is 13.8. The monoisotopic (exact) mass is 301 g/mol. The largest absolute Gasteiger partial charge is 0.490 e. The second kappa shape index (κ2) is 7.59. The van der Waals surface area contributed by atoms with Crippen LogP contribution in [0.3, 0.4) is 0 Å². The van der Waals surface area contributed by atoms with Crippen molar-refractivity contribution in [1.82, 2.24) is 4.98 Å². The number of benzene rings is 1. The van der Waals surface area contributed by atoms with Crippen LogP contribution in [0.15, 0.2) is 48.7 Å². The van der Waals surface area contributed by atoms with Gasteiger partial charge in [-0.25, -0.2) is 4.98 Å². The van der Waals surface area contributed by atoms with Gasteiger partial charge in [0.25, 0.3) is 0 Å². The van der Waals surface area contributed by atoms with Gasteiger partial charge in [0.2, 0.25) is 0 Å². The Hall–Kier alpha value is -2.14. The highest BCUT2D eigenvalue weighted by Gasteiger charge is 2.15. The molecule has 0 fully saturated rings. The Morgan fingerprint density at radius 3 is 2.67 bits per heavy atom. The second-order valence-electron chi connectivity index (χ2n) is 4.46. The number of ether oxygens (including phenoxy) is 1. The third kappa shape index (κ3) is 4.16. The number of rotatable bonds is 7. The maximum Gasteiger partial charge on any atom is 0.175 e. The maximum absolute atomic E-state index is 5.68. The van der Waals surface area contributed by atoms with Crippen LogP contribution < -0.4 is 15.4 Å². The van der Waals surface area contributed by atoms with Crippen molar-refractivity contribution >= 4 is 28.7 Å². The SMILES string of the molecule is CCOc1cccnc1N(CCC(N)=S)c1ccccc1. The van der Waals surface area contributed by atoms with Gasteiger partial charge in [0.15, 0.2) is 11.6 Å². The van der Waals surface area contributed by atoms with Gasteiger partial charge in [-0.2, -0.15) is 0 Å². The molecule has 0 bridgehead atoms. The van der Waals surface area contributed by atoms with Crippen molar-refractivity contribution in [3.8, 4) is 5.75 Å².